The van der Waals surface area contributed by atoms with Crippen LogP contribution in [0.15, 0.2) is 22.6 Å². The van der Waals surface area contributed by atoms with Gasteiger partial charge in [-0.25, -0.2) is 0 Å². The number of hydrogen-bond donors (Lipinski definition) is 2. The third kappa shape index (κ3) is 2.76. The Bertz CT molecular complexity index is 731. The van der Waals surface area contributed by atoms with Crippen LogP contribution in [0.3, 0.4) is 0 Å². The maximum Gasteiger partial charge on any atom is 0.416 e. The molecule has 4 nitrogen and oxygen atoms in total. The number of nitrogens with two attached hydrogens (primary N) is 1. The second-order valence-corrected chi connectivity index (χ2v) is 5.64. The van der Waals surface area contributed by atoms with Crippen molar-refractivity contribution in [3.8, 4) is 16.9 Å². The van der Waals surface area contributed by atoms with Crippen molar-refractivity contribution in [3.05, 3.63) is 35.1 Å². The van der Waals surface area contributed by atoms with Crippen molar-refractivity contribution in [2.45, 2.75) is 25.4 Å². The first-order valence-electron chi connectivity index (χ1n) is 7.16. The number of rotatable bonds is 2. The van der Waals surface area contributed by atoms with Gasteiger partial charge in [-0.15, -0.1) is 0 Å². The smallest absolute Gasteiger partial charge is 0.416 e. The lowest BCUT2D eigenvalue weighted by atomic mass is 9.98. The van der Waals surface area contributed by atoms with Crippen molar-refractivity contribution in [3.63, 3.8) is 0 Å². The van der Waals surface area contributed by atoms with E-state index in [2.05, 4.69) is 0 Å². The number of furan rings is 1. The quantitative estimate of drug-likeness (QED) is 0.872. The molecule has 2 heterocycles. The summed E-state index contributed by atoms with van der Waals surface area (Å²) >= 11 is 0. The van der Waals surface area contributed by atoms with Crippen LogP contribution in [0.1, 0.15) is 29.2 Å². The number of benzene rings is 1. The fraction of sp³-hybridized carbons (Fsp3) is 0.375. The van der Waals surface area contributed by atoms with Crippen molar-refractivity contribution in [2.75, 3.05) is 18.9 Å². The van der Waals surface area contributed by atoms with Gasteiger partial charge in [0.2, 0.25) is 5.88 Å². The van der Waals surface area contributed by atoms with E-state index in [1.54, 1.807) is 0 Å². The van der Waals surface area contributed by atoms with Crippen LogP contribution in [-0.2, 0) is 10.9 Å². The van der Waals surface area contributed by atoms with Crippen LogP contribution in [0, 0.1) is 6.92 Å². The molecule has 1 saturated heterocycles. The van der Waals surface area contributed by atoms with E-state index >= 15 is 0 Å². The van der Waals surface area contributed by atoms with Crippen molar-refractivity contribution in [2.24, 2.45) is 0 Å². The first-order valence-corrected chi connectivity index (χ1v) is 7.16. The number of alkyl halides is 3. The molecular weight excluding hydrogens is 311 g/mol. The summed E-state index contributed by atoms with van der Waals surface area (Å²) in [6.45, 7) is 2.32. The highest BCUT2D eigenvalue weighted by Gasteiger charge is 2.34. The van der Waals surface area contributed by atoms with Crippen LogP contribution in [0.5, 0.6) is 5.75 Å². The van der Waals surface area contributed by atoms with Gasteiger partial charge in [-0.3, -0.25) is 0 Å². The molecule has 0 amide bonds. The van der Waals surface area contributed by atoms with Crippen molar-refractivity contribution in [1.29, 1.82) is 0 Å². The summed E-state index contributed by atoms with van der Waals surface area (Å²) < 4.78 is 49.8. The summed E-state index contributed by atoms with van der Waals surface area (Å²) in [5.41, 5.74) is 5.40. The maximum atomic E-state index is 13.1. The van der Waals surface area contributed by atoms with Crippen molar-refractivity contribution < 1.29 is 27.4 Å². The van der Waals surface area contributed by atoms with Crippen molar-refractivity contribution in [1.82, 2.24) is 0 Å². The number of aromatic hydroxyl groups is 1. The number of nitrogen functional groups attached to an aromatic ring is 1. The maximum absolute atomic E-state index is 13.1. The number of ether oxygens (including phenoxy) is 1. The van der Waals surface area contributed by atoms with Gasteiger partial charge in [0, 0.05) is 12.5 Å². The van der Waals surface area contributed by atoms with E-state index in [9.17, 15) is 18.3 Å². The number of aryl methyl sites for hydroxylation is 1. The average molecular weight is 327 g/mol. The Morgan fingerprint density at radius 1 is 1.30 bits per heavy atom. The molecule has 7 heteroatoms. The first-order chi connectivity index (χ1) is 10.8. The average Bonchev–Trinajstić information content (AvgIpc) is 3.07. The Labute approximate surface area is 130 Å². The topological polar surface area (TPSA) is 68.6 Å². The Balaban J connectivity index is 2.09. The van der Waals surface area contributed by atoms with E-state index in [1.807, 2.05) is 0 Å². The summed E-state index contributed by atoms with van der Waals surface area (Å²) in [6, 6.07) is 3.81. The Morgan fingerprint density at radius 2 is 2.04 bits per heavy atom. The van der Waals surface area contributed by atoms with Gasteiger partial charge < -0.3 is 20.0 Å². The molecule has 1 aromatic heterocycles. The molecule has 3 N–H and O–H groups in total. The van der Waals surface area contributed by atoms with E-state index in [1.165, 1.54) is 19.1 Å². The van der Waals surface area contributed by atoms with Gasteiger partial charge in [0.1, 0.15) is 0 Å². The Morgan fingerprint density at radius 3 is 2.65 bits per heavy atom. The number of halogens is 3. The summed E-state index contributed by atoms with van der Waals surface area (Å²) in [5, 5.41) is 10.4. The SMILES string of the molecule is Cc1ccc(-c2c(N)oc(C3CCOC3)c2O)cc1C(F)(F)F. The molecule has 0 radical (unpaired) electrons. The zero-order valence-electron chi connectivity index (χ0n) is 12.4. The monoisotopic (exact) mass is 327 g/mol. The van der Waals surface area contributed by atoms with Crippen LogP contribution in [-0.4, -0.2) is 18.3 Å². The second kappa shape index (κ2) is 5.49. The van der Waals surface area contributed by atoms with Crippen LogP contribution < -0.4 is 5.73 Å². The largest absolute Gasteiger partial charge is 0.504 e. The third-order valence-corrected chi connectivity index (χ3v) is 4.07. The van der Waals surface area contributed by atoms with Crippen LogP contribution in [0.25, 0.3) is 11.1 Å². The molecule has 124 valence electrons. The van der Waals surface area contributed by atoms with Gasteiger partial charge in [-0.05, 0) is 30.5 Å². The minimum Gasteiger partial charge on any atom is -0.504 e. The fourth-order valence-electron chi connectivity index (χ4n) is 2.84. The molecule has 0 aliphatic carbocycles. The molecule has 0 saturated carbocycles. The molecule has 1 aliphatic rings. The molecule has 1 atom stereocenters. The van der Waals surface area contributed by atoms with Gasteiger partial charge in [0.05, 0.1) is 17.7 Å². The second-order valence-electron chi connectivity index (χ2n) is 5.64. The third-order valence-electron chi connectivity index (χ3n) is 4.07. The molecule has 23 heavy (non-hydrogen) atoms. The number of anilines is 1. The first kappa shape index (κ1) is 15.7. The summed E-state index contributed by atoms with van der Waals surface area (Å²) in [5.74, 6) is -0.181. The highest BCUT2D eigenvalue weighted by molar-refractivity contribution is 5.81. The zero-order chi connectivity index (χ0) is 16.8. The lowest BCUT2D eigenvalue weighted by Gasteiger charge is -2.12. The lowest BCUT2D eigenvalue weighted by molar-refractivity contribution is -0.138. The molecular formula is C16H16F3NO3. The lowest BCUT2D eigenvalue weighted by Crippen LogP contribution is -2.07. The minimum atomic E-state index is -4.48. The molecule has 0 bridgehead atoms. The molecule has 0 spiro atoms. The molecule has 2 aromatic rings. The molecule has 1 aliphatic heterocycles. The van der Waals surface area contributed by atoms with Crippen molar-refractivity contribution >= 4 is 5.88 Å². The molecule has 1 aromatic carbocycles. The van der Waals surface area contributed by atoms with Gasteiger partial charge in [0.25, 0.3) is 0 Å². The van der Waals surface area contributed by atoms with Crippen LogP contribution in [0.4, 0.5) is 19.1 Å². The summed E-state index contributed by atoms with van der Waals surface area (Å²) in [7, 11) is 0. The van der Waals surface area contributed by atoms with Gasteiger partial charge >= 0.3 is 6.18 Å². The Hall–Kier alpha value is -2.15. The van der Waals surface area contributed by atoms with E-state index in [-0.39, 0.29) is 40.0 Å². The van der Waals surface area contributed by atoms with Crippen LogP contribution in [0.2, 0.25) is 0 Å². The van der Waals surface area contributed by atoms with Gasteiger partial charge in [-0.2, -0.15) is 13.2 Å². The predicted octanol–water partition coefficient (Wildman–Crippen LogP) is 4.07. The van der Waals surface area contributed by atoms with E-state index in [4.69, 9.17) is 14.9 Å². The normalized spacial score (nSPS) is 18.5. The molecule has 3 rings (SSSR count). The Kier molecular flexibility index (Phi) is 3.75. The highest BCUT2D eigenvalue weighted by atomic mass is 19.4. The van der Waals surface area contributed by atoms with E-state index in [0.29, 0.717) is 19.6 Å². The zero-order valence-corrected chi connectivity index (χ0v) is 12.4. The van der Waals surface area contributed by atoms with Gasteiger partial charge in [0.15, 0.2) is 11.5 Å². The standard InChI is InChI=1S/C16H16F3NO3/c1-8-2-3-9(6-11(8)16(17,18)19)12-13(21)14(23-15(12)20)10-4-5-22-7-10/h2-3,6,10,21H,4-5,7,20H2,1H3. The van der Waals surface area contributed by atoms with E-state index in [0.717, 1.165) is 6.07 Å². The van der Waals surface area contributed by atoms with Gasteiger partial charge in [-0.1, -0.05) is 12.1 Å². The summed E-state index contributed by atoms with van der Waals surface area (Å²) in [4.78, 5) is 0. The highest BCUT2D eigenvalue weighted by Crippen LogP contribution is 2.46. The van der Waals surface area contributed by atoms with E-state index < -0.39 is 11.7 Å². The summed E-state index contributed by atoms with van der Waals surface area (Å²) in [6.07, 6.45) is -3.81. The minimum absolute atomic E-state index is 0.0948. The van der Waals surface area contributed by atoms with Crippen LogP contribution >= 0.6 is 0 Å². The fourth-order valence-corrected chi connectivity index (χ4v) is 2.84. The molecule has 1 unspecified atom stereocenters. The predicted molar refractivity (Wildman–Crippen MR) is 78.1 cm³/mol. The number of hydrogen-bond acceptors (Lipinski definition) is 4. The molecule has 1 fully saturated rings.